The molecule has 2 atom stereocenters. The molecule has 5 heteroatoms. The molecule has 0 aliphatic carbocycles. The zero-order chi connectivity index (χ0) is 15.3. The topological polar surface area (TPSA) is 66.6 Å². The van der Waals surface area contributed by atoms with Crippen LogP contribution >= 0.6 is 0 Å². The van der Waals surface area contributed by atoms with Crippen LogP contribution < -0.4 is 4.90 Å². The molecule has 0 fully saturated rings. The molecule has 20 heavy (non-hydrogen) atoms. The van der Waals surface area contributed by atoms with Crippen molar-refractivity contribution in [3.8, 4) is 0 Å². The van der Waals surface area contributed by atoms with Crippen molar-refractivity contribution in [3.05, 3.63) is 33.9 Å². The molecule has 5 nitrogen and oxygen atoms in total. The summed E-state index contributed by atoms with van der Waals surface area (Å²) >= 11 is 0. The SMILES string of the molecule is CCC(C)CN(CC)c1ccc(C(C)O)cc1[N+](=O)[O-]. The van der Waals surface area contributed by atoms with Gasteiger partial charge >= 0.3 is 0 Å². The van der Waals surface area contributed by atoms with Crippen LogP contribution in [0.15, 0.2) is 18.2 Å². The predicted octanol–water partition coefficient (Wildman–Crippen LogP) is 3.52. The predicted molar refractivity (Wildman–Crippen MR) is 81.1 cm³/mol. The molecular weight excluding hydrogens is 256 g/mol. The van der Waals surface area contributed by atoms with E-state index in [0.717, 1.165) is 19.5 Å². The van der Waals surface area contributed by atoms with Crippen molar-refractivity contribution >= 4 is 11.4 Å². The molecule has 112 valence electrons. The Balaban J connectivity index is 3.17. The maximum Gasteiger partial charge on any atom is 0.292 e. The largest absolute Gasteiger partial charge is 0.389 e. The number of benzene rings is 1. The van der Waals surface area contributed by atoms with Gasteiger partial charge in [-0.2, -0.15) is 0 Å². The van der Waals surface area contributed by atoms with Crippen LogP contribution in [-0.4, -0.2) is 23.1 Å². The van der Waals surface area contributed by atoms with E-state index in [-0.39, 0.29) is 10.6 Å². The average molecular weight is 280 g/mol. The lowest BCUT2D eigenvalue weighted by Crippen LogP contribution is -2.28. The minimum atomic E-state index is -0.701. The van der Waals surface area contributed by atoms with E-state index < -0.39 is 6.10 Å². The fourth-order valence-corrected chi connectivity index (χ4v) is 2.12. The zero-order valence-electron chi connectivity index (χ0n) is 12.7. The van der Waals surface area contributed by atoms with E-state index in [2.05, 4.69) is 13.8 Å². The number of aliphatic hydroxyl groups is 1. The molecule has 0 saturated heterocycles. The van der Waals surface area contributed by atoms with E-state index in [9.17, 15) is 15.2 Å². The number of anilines is 1. The van der Waals surface area contributed by atoms with Gasteiger partial charge in [-0.25, -0.2) is 0 Å². The molecule has 0 spiro atoms. The molecule has 0 heterocycles. The molecule has 0 radical (unpaired) electrons. The van der Waals surface area contributed by atoms with Gasteiger partial charge in [0.2, 0.25) is 0 Å². The van der Waals surface area contributed by atoms with Gasteiger partial charge in [0.25, 0.3) is 5.69 Å². The van der Waals surface area contributed by atoms with E-state index in [4.69, 9.17) is 0 Å². The van der Waals surface area contributed by atoms with Gasteiger partial charge in [0.05, 0.1) is 11.0 Å². The van der Waals surface area contributed by atoms with Gasteiger partial charge in [-0.05, 0) is 31.4 Å². The summed E-state index contributed by atoms with van der Waals surface area (Å²) in [7, 11) is 0. The maximum atomic E-state index is 11.3. The molecule has 0 bridgehead atoms. The van der Waals surface area contributed by atoms with Crippen molar-refractivity contribution in [3.63, 3.8) is 0 Å². The number of hydrogen-bond donors (Lipinski definition) is 1. The van der Waals surface area contributed by atoms with Crippen LogP contribution in [0.3, 0.4) is 0 Å². The van der Waals surface area contributed by atoms with Gasteiger partial charge in [-0.1, -0.05) is 26.3 Å². The third kappa shape index (κ3) is 3.93. The second kappa shape index (κ2) is 7.24. The van der Waals surface area contributed by atoms with Gasteiger partial charge in [0.15, 0.2) is 0 Å². The highest BCUT2D eigenvalue weighted by molar-refractivity contribution is 5.64. The monoisotopic (exact) mass is 280 g/mol. The van der Waals surface area contributed by atoms with Crippen LogP contribution in [0.2, 0.25) is 0 Å². The first-order valence-corrected chi connectivity index (χ1v) is 7.12. The van der Waals surface area contributed by atoms with Gasteiger partial charge in [0, 0.05) is 19.2 Å². The smallest absolute Gasteiger partial charge is 0.292 e. The Morgan fingerprint density at radius 2 is 2.00 bits per heavy atom. The van der Waals surface area contributed by atoms with Crippen molar-refractivity contribution in [1.82, 2.24) is 0 Å². The zero-order valence-corrected chi connectivity index (χ0v) is 12.7. The van der Waals surface area contributed by atoms with Crippen molar-refractivity contribution in [2.75, 3.05) is 18.0 Å². The van der Waals surface area contributed by atoms with Gasteiger partial charge < -0.3 is 10.0 Å². The van der Waals surface area contributed by atoms with Crippen molar-refractivity contribution in [2.45, 2.75) is 40.2 Å². The standard InChI is InChI=1S/C15H24N2O3/c1-5-11(3)10-16(6-2)14-8-7-13(12(4)18)9-15(14)17(19)20/h7-9,11-12,18H,5-6,10H2,1-4H3. The summed E-state index contributed by atoms with van der Waals surface area (Å²) in [5.74, 6) is 0.478. The van der Waals surface area contributed by atoms with E-state index >= 15 is 0 Å². The van der Waals surface area contributed by atoms with Crippen LogP contribution in [0.4, 0.5) is 11.4 Å². The number of nitrogens with zero attached hydrogens (tertiary/aromatic N) is 2. The third-order valence-electron chi connectivity index (χ3n) is 3.63. The van der Waals surface area contributed by atoms with Crippen LogP contribution in [0.25, 0.3) is 0 Å². The summed E-state index contributed by atoms with van der Waals surface area (Å²) < 4.78 is 0. The molecule has 1 aromatic carbocycles. The lowest BCUT2D eigenvalue weighted by atomic mass is 10.1. The Kier molecular flexibility index (Phi) is 5.95. The van der Waals surface area contributed by atoms with Crippen molar-refractivity contribution < 1.29 is 10.0 Å². The Morgan fingerprint density at radius 1 is 1.35 bits per heavy atom. The second-order valence-corrected chi connectivity index (χ2v) is 5.23. The highest BCUT2D eigenvalue weighted by atomic mass is 16.6. The quantitative estimate of drug-likeness (QED) is 0.613. The summed E-state index contributed by atoms with van der Waals surface area (Å²) in [6, 6.07) is 4.97. The molecule has 0 aliphatic heterocycles. The highest BCUT2D eigenvalue weighted by Gasteiger charge is 2.21. The van der Waals surface area contributed by atoms with Crippen molar-refractivity contribution in [2.24, 2.45) is 5.92 Å². The Labute approximate surface area is 120 Å². The van der Waals surface area contributed by atoms with Crippen LogP contribution in [0.5, 0.6) is 0 Å². The summed E-state index contributed by atoms with van der Waals surface area (Å²) in [5, 5.41) is 20.8. The van der Waals surface area contributed by atoms with Crippen LogP contribution in [0, 0.1) is 16.0 Å². The molecule has 1 aromatic rings. The van der Waals surface area contributed by atoms with Gasteiger partial charge in [-0.3, -0.25) is 10.1 Å². The molecular formula is C15H24N2O3. The first kappa shape index (κ1) is 16.4. The fourth-order valence-electron chi connectivity index (χ4n) is 2.12. The molecule has 1 N–H and O–H groups in total. The third-order valence-corrected chi connectivity index (χ3v) is 3.63. The minimum absolute atomic E-state index is 0.0635. The Hall–Kier alpha value is -1.62. The molecule has 0 saturated carbocycles. The van der Waals surface area contributed by atoms with Crippen LogP contribution in [0.1, 0.15) is 45.8 Å². The molecule has 2 unspecified atom stereocenters. The Morgan fingerprint density at radius 3 is 2.45 bits per heavy atom. The summed E-state index contributed by atoms with van der Waals surface area (Å²) in [4.78, 5) is 12.9. The van der Waals surface area contributed by atoms with Gasteiger partial charge in [-0.15, -0.1) is 0 Å². The van der Waals surface area contributed by atoms with Crippen LogP contribution in [-0.2, 0) is 0 Å². The van der Waals surface area contributed by atoms with E-state index in [1.165, 1.54) is 6.07 Å². The normalized spacial score (nSPS) is 13.8. The number of aliphatic hydroxyl groups excluding tert-OH is 1. The van der Waals surface area contributed by atoms with Crippen molar-refractivity contribution in [1.29, 1.82) is 0 Å². The van der Waals surface area contributed by atoms with E-state index in [1.807, 2.05) is 11.8 Å². The number of nitro benzene ring substituents is 1. The first-order chi connectivity index (χ1) is 9.40. The minimum Gasteiger partial charge on any atom is -0.389 e. The first-order valence-electron chi connectivity index (χ1n) is 7.12. The lowest BCUT2D eigenvalue weighted by molar-refractivity contribution is -0.384. The van der Waals surface area contributed by atoms with E-state index in [1.54, 1.807) is 19.1 Å². The second-order valence-electron chi connectivity index (χ2n) is 5.23. The number of rotatable bonds is 7. The number of nitro groups is 1. The lowest BCUT2D eigenvalue weighted by Gasteiger charge is -2.26. The molecule has 1 rings (SSSR count). The molecule has 0 aromatic heterocycles. The van der Waals surface area contributed by atoms with E-state index in [0.29, 0.717) is 17.2 Å². The summed E-state index contributed by atoms with van der Waals surface area (Å²) in [5.41, 5.74) is 1.26. The molecule has 0 amide bonds. The van der Waals surface area contributed by atoms with Gasteiger partial charge in [0.1, 0.15) is 5.69 Å². The highest BCUT2D eigenvalue weighted by Crippen LogP contribution is 2.31. The number of hydrogen-bond acceptors (Lipinski definition) is 4. The molecule has 0 aliphatic rings. The summed E-state index contributed by atoms with van der Waals surface area (Å²) in [6.45, 7) is 9.37. The Bertz CT molecular complexity index is 460. The summed E-state index contributed by atoms with van der Waals surface area (Å²) in [6.07, 6.45) is 0.336. The average Bonchev–Trinajstić information content (AvgIpc) is 2.43. The maximum absolute atomic E-state index is 11.3. The fraction of sp³-hybridized carbons (Fsp3) is 0.600.